The molecular formula is C15H22ClFN4O2. The van der Waals surface area contributed by atoms with Crippen molar-refractivity contribution in [2.24, 2.45) is 0 Å². The van der Waals surface area contributed by atoms with Gasteiger partial charge in [0.1, 0.15) is 16.9 Å². The van der Waals surface area contributed by atoms with E-state index in [2.05, 4.69) is 15.3 Å². The number of ether oxygens (including phenoxy) is 1. The summed E-state index contributed by atoms with van der Waals surface area (Å²) in [5.74, 6) is 0.291. The van der Waals surface area contributed by atoms with Crippen molar-refractivity contribution in [3.63, 3.8) is 0 Å². The molecule has 0 radical (unpaired) electrons. The standard InChI is InChI=1S/C15H22ClFN4O2/c1-9-7-18-13(20-12(9)16)19-11-5-6-21(8-10(11)17)14(22)23-15(2,3)4/h7,10-11H,5-6,8H2,1-4H3,(H,18,19,20)/t10-,11-/m1/s1. The van der Waals surface area contributed by atoms with E-state index in [1.165, 1.54) is 4.90 Å². The number of hydrogen-bond acceptors (Lipinski definition) is 5. The predicted molar refractivity (Wildman–Crippen MR) is 86.5 cm³/mol. The molecule has 0 spiro atoms. The molecule has 1 N–H and O–H groups in total. The molecule has 1 aromatic heterocycles. The van der Waals surface area contributed by atoms with Crippen LogP contribution in [0.2, 0.25) is 5.15 Å². The van der Waals surface area contributed by atoms with Gasteiger partial charge in [0, 0.05) is 18.3 Å². The van der Waals surface area contributed by atoms with Crippen LogP contribution >= 0.6 is 11.6 Å². The van der Waals surface area contributed by atoms with Crippen LogP contribution < -0.4 is 5.32 Å². The summed E-state index contributed by atoms with van der Waals surface area (Å²) >= 11 is 5.94. The van der Waals surface area contributed by atoms with Gasteiger partial charge in [-0.3, -0.25) is 0 Å². The highest BCUT2D eigenvalue weighted by molar-refractivity contribution is 6.30. The van der Waals surface area contributed by atoms with Gasteiger partial charge in [-0.1, -0.05) is 11.6 Å². The lowest BCUT2D eigenvalue weighted by Gasteiger charge is -2.35. The van der Waals surface area contributed by atoms with Crippen molar-refractivity contribution >= 4 is 23.6 Å². The summed E-state index contributed by atoms with van der Waals surface area (Å²) < 4.78 is 19.6. The first-order valence-corrected chi connectivity index (χ1v) is 7.91. The second-order valence-electron chi connectivity index (χ2n) is 6.65. The zero-order chi connectivity index (χ0) is 17.2. The first-order chi connectivity index (χ1) is 10.7. The topological polar surface area (TPSA) is 67.4 Å². The fourth-order valence-corrected chi connectivity index (χ4v) is 2.35. The number of carbonyl (C=O) groups is 1. The van der Waals surface area contributed by atoms with Gasteiger partial charge in [-0.15, -0.1) is 0 Å². The molecular weight excluding hydrogens is 323 g/mol. The SMILES string of the molecule is Cc1cnc(N[C@@H]2CCN(C(=O)OC(C)(C)C)C[C@H]2F)nc1Cl. The van der Waals surface area contributed by atoms with Crippen molar-refractivity contribution < 1.29 is 13.9 Å². The molecule has 2 rings (SSSR count). The lowest BCUT2D eigenvalue weighted by Crippen LogP contribution is -2.51. The molecule has 0 unspecified atom stereocenters. The number of nitrogens with zero attached hydrogens (tertiary/aromatic N) is 3. The summed E-state index contributed by atoms with van der Waals surface area (Å²) in [6, 6.07) is -0.465. The van der Waals surface area contributed by atoms with E-state index in [9.17, 15) is 9.18 Å². The number of anilines is 1. The third-order valence-electron chi connectivity index (χ3n) is 3.42. The van der Waals surface area contributed by atoms with E-state index >= 15 is 0 Å². The van der Waals surface area contributed by atoms with Gasteiger partial charge >= 0.3 is 6.09 Å². The number of alkyl halides is 1. The number of amides is 1. The van der Waals surface area contributed by atoms with Crippen molar-refractivity contribution in [1.29, 1.82) is 0 Å². The van der Waals surface area contributed by atoms with E-state index in [1.807, 2.05) is 0 Å². The molecule has 1 aromatic rings. The minimum atomic E-state index is -1.24. The van der Waals surface area contributed by atoms with E-state index in [1.54, 1.807) is 33.9 Å². The number of aryl methyl sites for hydroxylation is 1. The third-order valence-corrected chi connectivity index (χ3v) is 3.80. The van der Waals surface area contributed by atoms with E-state index in [0.29, 0.717) is 24.1 Å². The van der Waals surface area contributed by atoms with E-state index in [-0.39, 0.29) is 6.54 Å². The van der Waals surface area contributed by atoms with Crippen molar-refractivity contribution in [2.45, 2.75) is 51.9 Å². The zero-order valence-corrected chi connectivity index (χ0v) is 14.5. The summed E-state index contributed by atoms with van der Waals surface area (Å²) in [6.45, 7) is 7.53. The van der Waals surface area contributed by atoms with Crippen LogP contribution in [0.1, 0.15) is 32.8 Å². The lowest BCUT2D eigenvalue weighted by atomic mass is 10.0. The molecule has 2 heterocycles. The Kier molecular flexibility index (Phi) is 5.29. The van der Waals surface area contributed by atoms with Gasteiger partial charge in [-0.25, -0.2) is 19.2 Å². The molecule has 2 atom stereocenters. The van der Waals surface area contributed by atoms with Crippen LogP contribution in [0.3, 0.4) is 0 Å². The van der Waals surface area contributed by atoms with Gasteiger partial charge in [-0.05, 0) is 34.1 Å². The first-order valence-electron chi connectivity index (χ1n) is 7.53. The Labute approximate surface area is 140 Å². The predicted octanol–water partition coefficient (Wildman–Crippen LogP) is 3.20. The highest BCUT2D eigenvalue weighted by Crippen LogP contribution is 2.21. The number of likely N-dealkylation sites (tertiary alicyclic amines) is 1. The minimum Gasteiger partial charge on any atom is -0.444 e. The Morgan fingerprint density at radius 1 is 1.52 bits per heavy atom. The van der Waals surface area contributed by atoms with Crippen LogP contribution in [0, 0.1) is 6.92 Å². The fourth-order valence-electron chi connectivity index (χ4n) is 2.22. The van der Waals surface area contributed by atoms with Crippen LogP contribution in [0.4, 0.5) is 15.1 Å². The Hall–Kier alpha value is -1.63. The minimum absolute atomic E-state index is 0.0217. The largest absolute Gasteiger partial charge is 0.444 e. The fraction of sp³-hybridized carbons (Fsp3) is 0.667. The molecule has 1 fully saturated rings. The Bertz CT molecular complexity index is 579. The molecule has 0 saturated carbocycles. The van der Waals surface area contributed by atoms with Crippen LogP contribution in [0.5, 0.6) is 0 Å². The van der Waals surface area contributed by atoms with Gasteiger partial charge in [0.05, 0.1) is 12.6 Å². The molecule has 1 amide bonds. The monoisotopic (exact) mass is 344 g/mol. The Morgan fingerprint density at radius 2 is 2.22 bits per heavy atom. The first kappa shape index (κ1) is 17.7. The molecule has 1 saturated heterocycles. The maximum atomic E-state index is 14.4. The molecule has 0 aliphatic carbocycles. The number of nitrogens with one attached hydrogen (secondary N) is 1. The molecule has 8 heteroatoms. The molecule has 6 nitrogen and oxygen atoms in total. The molecule has 128 valence electrons. The van der Waals surface area contributed by atoms with Crippen molar-refractivity contribution in [3.8, 4) is 0 Å². The molecule has 0 aromatic carbocycles. The average Bonchev–Trinajstić information content (AvgIpc) is 2.43. The summed E-state index contributed by atoms with van der Waals surface area (Å²) in [4.78, 5) is 21.5. The lowest BCUT2D eigenvalue weighted by molar-refractivity contribution is 0.0125. The maximum Gasteiger partial charge on any atom is 0.410 e. The number of hydrogen-bond donors (Lipinski definition) is 1. The quantitative estimate of drug-likeness (QED) is 0.834. The van der Waals surface area contributed by atoms with Gasteiger partial charge in [0.15, 0.2) is 0 Å². The Balaban J connectivity index is 1.93. The number of piperidine rings is 1. The highest BCUT2D eigenvalue weighted by Gasteiger charge is 2.34. The smallest absolute Gasteiger partial charge is 0.410 e. The number of halogens is 2. The summed E-state index contributed by atoms with van der Waals surface area (Å²) in [5, 5.41) is 3.28. The van der Waals surface area contributed by atoms with Crippen LogP contribution in [-0.4, -0.2) is 51.9 Å². The molecule has 23 heavy (non-hydrogen) atoms. The normalized spacial score (nSPS) is 21.9. The van der Waals surface area contributed by atoms with Crippen molar-refractivity contribution in [1.82, 2.24) is 14.9 Å². The number of carbonyl (C=O) groups excluding carboxylic acids is 1. The average molecular weight is 345 g/mol. The number of rotatable bonds is 2. The van der Waals surface area contributed by atoms with Crippen LogP contribution in [0.15, 0.2) is 6.20 Å². The molecule has 0 bridgehead atoms. The van der Waals surface area contributed by atoms with E-state index in [0.717, 1.165) is 5.56 Å². The Morgan fingerprint density at radius 3 is 2.78 bits per heavy atom. The maximum absolute atomic E-state index is 14.4. The highest BCUT2D eigenvalue weighted by atomic mass is 35.5. The van der Waals surface area contributed by atoms with Gasteiger partial charge in [0.2, 0.25) is 5.95 Å². The van der Waals surface area contributed by atoms with Crippen LogP contribution in [0.25, 0.3) is 0 Å². The number of aromatic nitrogens is 2. The summed E-state index contributed by atoms with van der Waals surface area (Å²) in [7, 11) is 0. The summed E-state index contributed by atoms with van der Waals surface area (Å²) in [5.41, 5.74) is 0.165. The van der Waals surface area contributed by atoms with E-state index < -0.39 is 23.9 Å². The second-order valence-corrected chi connectivity index (χ2v) is 7.01. The van der Waals surface area contributed by atoms with Gasteiger partial charge < -0.3 is 15.0 Å². The zero-order valence-electron chi connectivity index (χ0n) is 13.8. The van der Waals surface area contributed by atoms with Gasteiger partial charge in [-0.2, -0.15) is 0 Å². The second kappa shape index (κ2) is 6.86. The molecule has 1 aliphatic heterocycles. The van der Waals surface area contributed by atoms with Crippen LogP contribution in [-0.2, 0) is 4.74 Å². The van der Waals surface area contributed by atoms with Crippen molar-refractivity contribution in [2.75, 3.05) is 18.4 Å². The summed E-state index contributed by atoms with van der Waals surface area (Å²) in [6.07, 6.45) is 0.295. The van der Waals surface area contributed by atoms with Crippen molar-refractivity contribution in [3.05, 3.63) is 16.9 Å². The third kappa shape index (κ3) is 4.92. The van der Waals surface area contributed by atoms with E-state index in [4.69, 9.17) is 16.3 Å². The van der Waals surface area contributed by atoms with Gasteiger partial charge in [0.25, 0.3) is 0 Å². The molecule has 1 aliphatic rings.